The van der Waals surface area contributed by atoms with Crippen LogP contribution in [0.4, 0.5) is 4.39 Å². The second-order valence-electron chi connectivity index (χ2n) is 6.87. The molecule has 2 aliphatic heterocycles. The van der Waals surface area contributed by atoms with E-state index in [1.807, 2.05) is 6.20 Å². The van der Waals surface area contributed by atoms with Gasteiger partial charge in [0.1, 0.15) is 11.5 Å². The smallest absolute Gasteiger partial charge is 0.148 e. The summed E-state index contributed by atoms with van der Waals surface area (Å²) in [5.41, 5.74) is 1.42. The van der Waals surface area contributed by atoms with Crippen LogP contribution in [-0.2, 0) is 11.3 Å². The van der Waals surface area contributed by atoms with E-state index in [0.29, 0.717) is 12.3 Å². The normalized spacial score (nSPS) is 23.8. The number of para-hydroxylation sites is 1. The van der Waals surface area contributed by atoms with E-state index in [2.05, 4.69) is 10.00 Å². The third kappa shape index (κ3) is 3.09. The van der Waals surface area contributed by atoms with Gasteiger partial charge in [-0.15, -0.1) is 0 Å². The second-order valence-corrected chi connectivity index (χ2v) is 6.87. The summed E-state index contributed by atoms with van der Waals surface area (Å²) in [7, 11) is 0. The molecule has 2 fully saturated rings. The maximum absolute atomic E-state index is 13.8. The first kappa shape index (κ1) is 15.7. The van der Waals surface area contributed by atoms with Gasteiger partial charge in [-0.2, -0.15) is 5.10 Å². The molecule has 0 bridgehead atoms. The van der Waals surface area contributed by atoms with Gasteiger partial charge >= 0.3 is 0 Å². The second kappa shape index (κ2) is 6.27. The van der Waals surface area contributed by atoms with Crippen molar-refractivity contribution in [2.45, 2.75) is 37.5 Å². The Balaban J connectivity index is 1.38. The number of hydrogen-bond acceptors (Lipinski definition) is 4. The molecule has 2 aliphatic rings. The zero-order chi connectivity index (χ0) is 16.6. The van der Waals surface area contributed by atoms with Crippen LogP contribution in [0.3, 0.4) is 0 Å². The van der Waals surface area contributed by atoms with Crippen molar-refractivity contribution >= 4 is 0 Å². The summed E-state index contributed by atoms with van der Waals surface area (Å²) >= 11 is 0. The number of nitrogens with zero attached hydrogens (tertiary/aromatic N) is 3. The zero-order valence-electron chi connectivity index (χ0n) is 13.6. The van der Waals surface area contributed by atoms with Crippen LogP contribution >= 0.6 is 0 Å². The lowest BCUT2D eigenvalue weighted by Crippen LogP contribution is -2.43. The molecule has 3 heterocycles. The Bertz CT molecular complexity index is 710. The fraction of sp³-hybridized carbons (Fsp3) is 0.500. The van der Waals surface area contributed by atoms with Crippen molar-refractivity contribution in [2.24, 2.45) is 0 Å². The summed E-state index contributed by atoms with van der Waals surface area (Å²) in [6, 6.07) is 6.64. The predicted molar refractivity (Wildman–Crippen MR) is 87.3 cm³/mol. The maximum Gasteiger partial charge on any atom is 0.148 e. The maximum atomic E-state index is 13.8. The van der Waals surface area contributed by atoms with Gasteiger partial charge in [-0.1, -0.05) is 12.1 Å². The number of piperidine rings is 1. The molecule has 2 saturated heterocycles. The minimum absolute atomic E-state index is 0.118. The Morgan fingerprint density at radius 2 is 2.08 bits per heavy atom. The molecule has 0 aliphatic carbocycles. The SMILES string of the molecule is O[C@@H]1COC2(CCN(Cc3cnn(-c4ccccc4F)c3)CC2)C1. The number of aromatic nitrogens is 2. The van der Waals surface area contributed by atoms with Crippen LogP contribution in [0.5, 0.6) is 0 Å². The fourth-order valence-electron chi connectivity index (χ4n) is 3.76. The highest BCUT2D eigenvalue weighted by Gasteiger charge is 2.42. The van der Waals surface area contributed by atoms with Crippen LogP contribution in [0.15, 0.2) is 36.7 Å². The van der Waals surface area contributed by atoms with Crippen molar-refractivity contribution in [3.8, 4) is 5.69 Å². The third-order valence-electron chi connectivity index (χ3n) is 5.10. The molecule has 1 spiro atoms. The molecule has 24 heavy (non-hydrogen) atoms. The first-order chi connectivity index (χ1) is 11.6. The molecule has 0 radical (unpaired) electrons. The van der Waals surface area contributed by atoms with Crippen molar-refractivity contribution in [2.75, 3.05) is 19.7 Å². The third-order valence-corrected chi connectivity index (χ3v) is 5.10. The van der Waals surface area contributed by atoms with Gasteiger partial charge in [0.2, 0.25) is 0 Å². The van der Waals surface area contributed by atoms with E-state index in [-0.39, 0.29) is 17.5 Å². The van der Waals surface area contributed by atoms with Crippen LogP contribution in [0, 0.1) is 5.82 Å². The van der Waals surface area contributed by atoms with Gasteiger partial charge in [0.15, 0.2) is 0 Å². The molecule has 5 nitrogen and oxygen atoms in total. The molecule has 0 unspecified atom stereocenters. The number of rotatable bonds is 3. The van der Waals surface area contributed by atoms with Crippen molar-refractivity contribution in [3.63, 3.8) is 0 Å². The van der Waals surface area contributed by atoms with Gasteiger partial charge in [0, 0.05) is 37.8 Å². The molecule has 2 aromatic rings. The van der Waals surface area contributed by atoms with Crippen LogP contribution < -0.4 is 0 Å². The number of aliphatic hydroxyl groups excluding tert-OH is 1. The van der Waals surface area contributed by atoms with Gasteiger partial charge in [-0.3, -0.25) is 4.90 Å². The lowest BCUT2D eigenvalue weighted by Gasteiger charge is -2.38. The minimum atomic E-state index is -0.310. The lowest BCUT2D eigenvalue weighted by molar-refractivity contribution is -0.0456. The summed E-state index contributed by atoms with van der Waals surface area (Å²) in [5, 5.41) is 14.0. The molecule has 1 aromatic heterocycles. The summed E-state index contributed by atoms with van der Waals surface area (Å²) in [5.74, 6) is -0.274. The predicted octanol–water partition coefficient (Wildman–Crippen LogP) is 2.13. The molecule has 1 N–H and O–H groups in total. The molecule has 4 rings (SSSR count). The van der Waals surface area contributed by atoms with E-state index in [4.69, 9.17) is 4.74 Å². The minimum Gasteiger partial charge on any atom is -0.391 e. The van der Waals surface area contributed by atoms with E-state index in [1.54, 1.807) is 29.1 Å². The number of likely N-dealkylation sites (tertiary alicyclic amines) is 1. The van der Waals surface area contributed by atoms with Crippen LogP contribution in [0.25, 0.3) is 5.69 Å². The van der Waals surface area contributed by atoms with Crippen molar-refractivity contribution < 1.29 is 14.2 Å². The Hall–Kier alpha value is -1.76. The molecule has 1 aromatic carbocycles. The summed E-state index contributed by atoms with van der Waals surface area (Å²) in [6.07, 6.45) is 6.03. The molecule has 128 valence electrons. The summed E-state index contributed by atoms with van der Waals surface area (Å²) < 4.78 is 21.3. The van der Waals surface area contributed by atoms with Crippen molar-refractivity contribution in [3.05, 3.63) is 48.0 Å². The lowest BCUT2D eigenvalue weighted by atomic mass is 9.88. The van der Waals surface area contributed by atoms with Crippen LogP contribution in [0.1, 0.15) is 24.8 Å². The van der Waals surface area contributed by atoms with Gasteiger partial charge in [-0.25, -0.2) is 9.07 Å². The Morgan fingerprint density at radius 3 is 2.79 bits per heavy atom. The Morgan fingerprint density at radius 1 is 1.29 bits per heavy atom. The molecule has 0 saturated carbocycles. The number of hydrogen-bond donors (Lipinski definition) is 1. The van der Waals surface area contributed by atoms with Gasteiger partial charge < -0.3 is 9.84 Å². The van der Waals surface area contributed by atoms with E-state index < -0.39 is 0 Å². The highest BCUT2D eigenvalue weighted by atomic mass is 19.1. The number of benzene rings is 1. The van der Waals surface area contributed by atoms with Crippen LogP contribution in [-0.4, -0.2) is 51.2 Å². The quantitative estimate of drug-likeness (QED) is 0.936. The molecular formula is C18H22FN3O2. The van der Waals surface area contributed by atoms with E-state index in [9.17, 15) is 9.50 Å². The number of halogens is 1. The average Bonchev–Trinajstić information content (AvgIpc) is 3.18. The first-order valence-corrected chi connectivity index (χ1v) is 8.46. The topological polar surface area (TPSA) is 50.5 Å². The Kier molecular flexibility index (Phi) is 4.12. The summed E-state index contributed by atoms with van der Waals surface area (Å²) in [6.45, 7) is 3.15. The van der Waals surface area contributed by atoms with Gasteiger partial charge in [-0.05, 0) is 25.0 Å². The molecule has 1 atom stereocenters. The van der Waals surface area contributed by atoms with Gasteiger partial charge in [0.05, 0.1) is 24.5 Å². The van der Waals surface area contributed by atoms with Crippen molar-refractivity contribution in [1.29, 1.82) is 0 Å². The first-order valence-electron chi connectivity index (χ1n) is 8.46. The standard InChI is InChI=1S/C18H22FN3O2/c19-16-3-1-2-4-17(16)22-12-14(10-20-22)11-21-7-5-18(6-8-21)9-15(23)13-24-18/h1-4,10,12,15,23H,5-9,11,13H2/t15-/m0/s1. The Labute approximate surface area is 140 Å². The van der Waals surface area contributed by atoms with E-state index in [1.165, 1.54) is 6.07 Å². The van der Waals surface area contributed by atoms with E-state index in [0.717, 1.165) is 44.5 Å². The van der Waals surface area contributed by atoms with Crippen LogP contribution in [0.2, 0.25) is 0 Å². The van der Waals surface area contributed by atoms with E-state index >= 15 is 0 Å². The average molecular weight is 331 g/mol. The fourth-order valence-corrected chi connectivity index (χ4v) is 3.76. The highest BCUT2D eigenvalue weighted by molar-refractivity contribution is 5.32. The molecule has 0 amide bonds. The zero-order valence-corrected chi connectivity index (χ0v) is 13.6. The molecular weight excluding hydrogens is 309 g/mol. The largest absolute Gasteiger partial charge is 0.391 e. The van der Waals surface area contributed by atoms with Crippen molar-refractivity contribution in [1.82, 2.24) is 14.7 Å². The van der Waals surface area contributed by atoms with Gasteiger partial charge in [0.25, 0.3) is 0 Å². The summed E-state index contributed by atoms with van der Waals surface area (Å²) in [4.78, 5) is 2.36. The highest BCUT2D eigenvalue weighted by Crippen LogP contribution is 2.36. The number of ether oxygens (including phenoxy) is 1. The monoisotopic (exact) mass is 331 g/mol. The number of aliphatic hydroxyl groups is 1. The molecule has 6 heteroatoms.